The molecule has 0 bridgehead atoms. The predicted octanol–water partition coefficient (Wildman–Crippen LogP) is 6.70. The van der Waals surface area contributed by atoms with E-state index in [0.29, 0.717) is 0 Å². The van der Waals surface area contributed by atoms with Gasteiger partial charge in [0, 0.05) is 59.6 Å². The average molecular weight is 471 g/mol. The Labute approximate surface area is 205 Å². The number of carbonyl (C=O) groups excluding carboxylic acids is 1. The quantitative estimate of drug-likeness (QED) is 0.264. The van der Waals surface area contributed by atoms with Gasteiger partial charge in [-0.15, -0.1) is 0 Å². The number of carbonyl (C=O) groups is 1. The molecule has 0 saturated carbocycles. The number of anilines is 2. The molecule has 0 aliphatic carbocycles. The molecule has 0 unspecified atom stereocenters. The molecule has 0 atom stereocenters. The van der Waals surface area contributed by atoms with Gasteiger partial charge in [-0.2, -0.15) is 0 Å². The molecule has 2 aromatic heterocycles. The number of benzene rings is 2. The first-order chi connectivity index (χ1) is 16.6. The predicted molar refractivity (Wildman–Crippen MR) is 145 cm³/mol. The lowest BCUT2D eigenvalue weighted by Gasteiger charge is -2.27. The van der Waals surface area contributed by atoms with Crippen LogP contribution in [0.15, 0.2) is 67.0 Å². The Morgan fingerprint density at radius 1 is 0.971 bits per heavy atom. The van der Waals surface area contributed by atoms with Crippen LogP contribution in [0.2, 0.25) is 0 Å². The molecule has 0 spiro atoms. The number of aldehydes is 1. The maximum Gasteiger partial charge on any atom is 0.150 e. The van der Waals surface area contributed by atoms with Crippen LogP contribution in [-0.2, 0) is 0 Å². The first kappa shape index (κ1) is 23.8. The number of rotatable bonds is 4. The Balaban J connectivity index is 0.000000166. The summed E-state index contributed by atoms with van der Waals surface area (Å²) < 4.78 is 2.32. The van der Waals surface area contributed by atoms with Crippen molar-refractivity contribution < 1.29 is 4.79 Å². The lowest BCUT2D eigenvalue weighted by Crippen LogP contribution is -2.21. The topological polar surface area (TPSA) is 58.1 Å². The van der Waals surface area contributed by atoms with E-state index in [4.69, 9.17) is 0 Å². The summed E-state index contributed by atoms with van der Waals surface area (Å²) in [6.45, 7) is 5.21. The summed E-state index contributed by atoms with van der Waals surface area (Å²) in [5, 5.41) is 4.25. The monoisotopic (exact) mass is 470 g/mol. The van der Waals surface area contributed by atoms with Gasteiger partial charge >= 0.3 is 0 Å². The SMILES string of the molecule is CNc1ccc(C)c(-c2nccc3ncccc23)c1.Cc1cc(N2CCCCS2)ccc1C=O. The van der Waals surface area contributed by atoms with E-state index in [1.807, 2.05) is 62.6 Å². The Kier molecular flexibility index (Phi) is 7.80. The van der Waals surface area contributed by atoms with Crippen LogP contribution in [0.4, 0.5) is 11.4 Å². The minimum atomic E-state index is 0.792. The lowest BCUT2D eigenvalue weighted by atomic mass is 10.0. The van der Waals surface area contributed by atoms with Crippen molar-refractivity contribution in [1.29, 1.82) is 0 Å². The second-order valence-electron chi connectivity index (χ2n) is 8.31. The smallest absolute Gasteiger partial charge is 0.150 e. The van der Waals surface area contributed by atoms with Gasteiger partial charge in [-0.3, -0.25) is 14.8 Å². The summed E-state index contributed by atoms with van der Waals surface area (Å²) in [6.07, 6.45) is 7.12. The molecule has 2 aromatic carbocycles. The molecule has 6 heteroatoms. The van der Waals surface area contributed by atoms with Crippen molar-refractivity contribution in [1.82, 2.24) is 9.97 Å². The largest absolute Gasteiger partial charge is 0.388 e. The highest BCUT2D eigenvalue weighted by atomic mass is 32.2. The molecule has 0 radical (unpaired) electrons. The van der Waals surface area contributed by atoms with Crippen molar-refractivity contribution >= 4 is 40.5 Å². The Morgan fingerprint density at radius 3 is 2.59 bits per heavy atom. The van der Waals surface area contributed by atoms with Gasteiger partial charge < -0.3 is 9.62 Å². The van der Waals surface area contributed by atoms with Gasteiger partial charge in [0.05, 0.1) is 11.2 Å². The Morgan fingerprint density at radius 2 is 1.85 bits per heavy atom. The van der Waals surface area contributed by atoms with Gasteiger partial charge in [-0.05, 0) is 98.3 Å². The lowest BCUT2D eigenvalue weighted by molar-refractivity contribution is 0.112. The van der Waals surface area contributed by atoms with E-state index in [1.54, 1.807) is 0 Å². The van der Waals surface area contributed by atoms with Crippen molar-refractivity contribution in [3.8, 4) is 11.3 Å². The van der Waals surface area contributed by atoms with Crippen molar-refractivity contribution in [3.05, 3.63) is 83.7 Å². The number of hydrogen-bond acceptors (Lipinski definition) is 6. The molecule has 0 amide bonds. The van der Waals surface area contributed by atoms with Gasteiger partial charge in [-0.1, -0.05) is 6.07 Å². The molecule has 5 rings (SSSR count). The number of fused-ring (bicyclic) bond motifs is 1. The zero-order valence-electron chi connectivity index (χ0n) is 19.9. The number of hydrogen-bond donors (Lipinski definition) is 1. The number of pyridine rings is 2. The normalized spacial score (nSPS) is 13.2. The number of nitrogens with one attached hydrogen (secondary N) is 1. The van der Waals surface area contributed by atoms with Crippen LogP contribution in [0.5, 0.6) is 0 Å². The molecule has 3 heterocycles. The van der Waals surface area contributed by atoms with Crippen molar-refractivity contribution in [2.75, 3.05) is 29.0 Å². The fourth-order valence-electron chi connectivity index (χ4n) is 4.00. The molecule has 5 nitrogen and oxygen atoms in total. The molecular formula is C28H30N4OS. The van der Waals surface area contributed by atoms with Crippen molar-refractivity contribution in [2.24, 2.45) is 0 Å². The molecule has 4 aromatic rings. The second-order valence-corrected chi connectivity index (χ2v) is 9.42. The zero-order chi connectivity index (χ0) is 23.9. The molecule has 1 aliphatic rings. The highest BCUT2D eigenvalue weighted by Crippen LogP contribution is 2.30. The van der Waals surface area contributed by atoms with E-state index in [-0.39, 0.29) is 0 Å². The van der Waals surface area contributed by atoms with Gasteiger partial charge in [0.15, 0.2) is 0 Å². The van der Waals surface area contributed by atoms with Gasteiger partial charge in [0.1, 0.15) is 6.29 Å². The summed E-state index contributed by atoms with van der Waals surface area (Å²) in [5.74, 6) is 1.20. The summed E-state index contributed by atoms with van der Waals surface area (Å²) in [7, 11) is 1.92. The van der Waals surface area contributed by atoms with Crippen LogP contribution in [0.1, 0.15) is 34.3 Å². The van der Waals surface area contributed by atoms with E-state index in [1.165, 1.54) is 29.8 Å². The molecule has 1 saturated heterocycles. The second kappa shape index (κ2) is 11.2. The van der Waals surface area contributed by atoms with Crippen LogP contribution < -0.4 is 9.62 Å². The zero-order valence-corrected chi connectivity index (χ0v) is 20.7. The summed E-state index contributed by atoms with van der Waals surface area (Å²) in [4.78, 5) is 19.6. The molecule has 1 N–H and O–H groups in total. The van der Waals surface area contributed by atoms with Crippen LogP contribution in [0.3, 0.4) is 0 Å². The number of nitrogens with zero attached hydrogens (tertiary/aromatic N) is 3. The number of aryl methyl sites for hydroxylation is 2. The third-order valence-electron chi connectivity index (χ3n) is 5.98. The first-order valence-electron chi connectivity index (χ1n) is 11.6. The van der Waals surface area contributed by atoms with Crippen LogP contribution in [-0.4, -0.2) is 35.6 Å². The minimum Gasteiger partial charge on any atom is -0.388 e. The van der Waals surface area contributed by atoms with Crippen LogP contribution in [0, 0.1) is 13.8 Å². The maximum absolute atomic E-state index is 10.7. The standard InChI is InChI=1S/C16H15N3.C12H15NOS/c1-11-5-6-12(17-2)10-14(11)16-13-4-3-8-18-15(13)7-9-19-16;1-10-8-12(5-4-11(10)9-14)13-6-2-3-7-15-13/h3-10,17H,1-2H3;4-5,8-9H,2-3,6-7H2,1H3. The maximum atomic E-state index is 10.7. The van der Waals surface area contributed by atoms with Gasteiger partial charge in [0.25, 0.3) is 0 Å². The van der Waals surface area contributed by atoms with E-state index >= 15 is 0 Å². The fraction of sp³-hybridized carbons (Fsp3) is 0.250. The Bertz CT molecular complexity index is 1280. The van der Waals surface area contributed by atoms with E-state index in [0.717, 1.165) is 51.8 Å². The fourth-order valence-corrected chi connectivity index (χ4v) is 5.07. The highest BCUT2D eigenvalue weighted by Gasteiger charge is 2.12. The first-order valence-corrected chi connectivity index (χ1v) is 12.5. The minimum absolute atomic E-state index is 0.792. The molecule has 174 valence electrons. The van der Waals surface area contributed by atoms with Crippen LogP contribution >= 0.6 is 11.9 Å². The average Bonchev–Trinajstić information content (AvgIpc) is 2.89. The van der Waals surface area contributed by atoms with Crippen LogP contribution in [0.25, 0.3) is 22.2 Å². The van der Waals surface area contributed by atoms with Gasteiger partial charge in [-0.25, -0.2) is 0 Å². The van der Waals surface area contributed by atoms with E-state index in [9.17, 15) is 4.79 Å². The summed E-state index contributed by atoms with van der Waals surface area (Å²) in [5.41, 5.74) is 8.48. The third kappa shape index (κ3) is 5.39. The molecule has 34 heavy (non-hydrogen) atoms. The highest BCUT2D eigenvalue weighted by molar-refractivity contribution is 8.00. The van der Waals surface area contributed by atoms with Crippen molar-refractivity contribution in [2.45, 2.75) is 26.7 Å². The third-order valence-corrected chi connectivity index (χ3v) is 7.16. The van der Waals surface area contributed by atoms with Crippen molar-refractivity contribution in [3.63, 3.8) is 0 Å². The Hall–Kier alpha value is -3.38. The summed E-state index contributed by atoms with van der Waals surface area (Å²) >= 11 is 1.88. The van der Waals surface area contributed by atoms with E-state index in [2.05, 4.69) is 56.8 Å². The van der Waals surface area contributed by atoms with E-state index < -0.39 is 0 Å². The number of aromatic nitrogens is 2. The summed E-state index contributed by atoms with van der Waals surface area (Å²) in [6, 6.07) is 18.3. The molecule has 1 fully saturated rings. The molecular weight excluding hydrogens is 440 g/mol. The van der Waals surface area contributed by atoms with Gasteiger partial charge in [0.2, 0.25) is 0 Å². The molecule has 1 aliphatic heterocycles.